The second-order valence-electron chi connectivity index (χ2n) is 9.89. The largest absolute Gasteiger partial charge is 0.318 e. The summed E-state index contributed by atoms with van der Waals surface area (Å²) in [7, 11) is -3.99. The first-order valence-corrected chi connectivity index (χ1v) is 14.2. The Bertz CT molecular complexity index is 1630. The van der Waals surface area contributed by atoms with E-state index in [1.54, 1.807) is 36.5 Å². The first-order valence-electron chi connectivity index (χ1n) is 12.7. The van der Waals surface area contributed by atoms with Crippen LogP contribution in [0.3, 0.4) is 0 Å². The van der Waals surface area contributed by atoms with Crippen molar-refractivity contribution in [2.75, 3.05) is 10.8 Å². The Kier molecular flexibility index (Phi) is 8.06. The number of sulfonamides is 1. The van der Waals surface area contributed by atoms with E-state index in [9.17, 15) is 13.2 Å². The van der Waals surface area contributed by atoms with Crippen molar-refractivity contribution < 1.29 is 13.2 Å². The molecule has 0 unspecified atom stereocenters. The number of aryl methyl sites for hydroxylation is 5. The molecule has 39 heavy (non-hydrogen) atoms. The van der Waals surface area contributed by atoms with E-state index in [0.717, 1.165) is 38.1 Å². The van der Waals surface area contributed by atoms with E-state index >= 15 is 0 Å². The molecule has 1 heterocycles. The van der Waals surface area contributed by atoms with Crippen LogP contribution >= 0.6 is 0 Å². The molecule has 1 N–H and O–H groups in total. The van der Waals surface area contributed by atoms with Crippen LogP contribution in [0.4, 0.5) is 5.69 Å². The molecule has 4 rings (SSSR count). The van der Waals surface area contributed by atoms with Gasteiger partial charge in [0, 0.05) is 22.6 Å². The number of hydrazone groups is 1. The van der Waals surface area contributed by atoms with Crippen LogP contribution in [-0.4, -0.2) is 31.7 Å². The number of amides is 1. The van der Waals surface area contributed by atoms with Gasteiger partial charge in [0.15, 0.2) is 0 Å². The monoisotopic (exact) mass is 542 g/mol. The number of hydrogen-bond donors (Lipinski definition) is 1. The zero-order chi connectivity index (χ0) is 28.3. The molecule has 8 heteroatoms. The summed E-state index contributed by atoms with van der Waals surface area (Å²) in [5.41, 5.74) is 11.2. The maximum absolute atomic E-state index is 13.5. The number of nitrogens with zero attached hydrogens (tertiary/aromatic N) is 3. The van der Waals surface area contributed by atoms with Crippen molar-refractivity contribution in [1.29, 1.82) is 0 Å². The predicted molar refractivity (Wildman–Crippen MR) is 157 cm³/mol. The SMILES string of the molecule is Cc1cc(C)cc(-n2c(C)cc(/C=N\NC(=O)CN(c3ccc(C)c(C)c3)S(=O)(=O)c3ccccc3)c2C)c1. The third kappa shape index (κ3) is 6.12. The first kappa shape index (κ1) is 27.9. The van der Waals surface area contributed by atoms with Crippen molar-refractivity contribution in [2.45, 2.75) is 46.4 Å². The Morgan fingerprint density at radius 2 is 1.54 bits per heavy atom. The van der Waals surface area contributed by atoms with Gasteiger partial charge in [0.25, 0.3) is 15.9 Å². The molecular weight excluding hydrogens is 508 g/mol. The molecule has 0 aliphatic heterocycles. The summed E-state index contributed by atoms with van der Waals surface area (Å²) in [4.78, 5) is 13.1. The number of carbonyl (C=O) groups is 1. The van der Waals surface area contributed by atoms with E-state index in [0.29, 0.717) is 5.69 Å². The minimum Gasteiger partial charge on any atom is -0.318 e. The van der Waals surface area contributed by atoms with E-state index in [4.69, 9.17) is 0 Å². The van der Waals surface area contributed by atoms with Crippen LogP contribution in [0.5, 0.6) is 0 Å². The molecule has 4 aromatic rings. The molecule has 3 aromatic carbocycles. The fraction of sp³-hybridized carbons (Fsp3) is 0.226. The summed E-state index contributed by atoms with van der Waals surface area (Å²) in [5.74, 6) is -0.549. The van der Waals surface area contributed by atoms with Crippen LogP contribution in [0.15, 0.2) is 82.8 Å². The Balaban J connectivity index is 1.57. The molecule has 202 valence electrons. The van der Waals surface area contributed by atoms with Crippen LogP contribution in [0.1, 0.15) is 39.2 Å². The van der Waals surface area contributed by atoms with Gasteiger partial charge in [-0.25, -0.2) is 13.8 Å². The third-order valence-electron chi connectivity index (χ3n) is 6.72. The lowest BCUT2D eigenvalue weighted by Gasteiger charge is -2.24. The summed E-state index contributed by atoms with van der Waals surface area (Å²) in [5, 5.41) is 4.16. The zero-order valence-electron chi connectivity index (χ0n) is 23.2. The van der Waals surface area contributed by atoms with E-state index in [2.05, 4.69) is 47.1 Å². The fourth-order valence-electron chi connectivity index (χ4n) is 4.65. The highest BCUT2D eigenvalue weighted by Crippen LogP contribution is 2.26. The number of benzene rings is 3. The molecule has 0 saturated carbocycles. The lowest BCUT2D eigenvalue weighted by Crippen LogP contribution is -2.39. The topological polar surface area (TPSA) is 83.8 Å². The highest BCUT2D eigenvalue weighted by atomic mass is 32.2. The Labute approximate surface area is 230 Å². The normalized spacial score (nSPS) is 11.6. The van der Waals surface area contributed by atoms with Gasteiger partial charge in [0.1, 0.15) is 6.54 Å². The maximum Gasteiger partial charge on any atom is 0.264 e. The molecular formula is C31H34N4O3S. The predicted octanol–water partition coefficient (Wildman–Crippen LogP) is 5.67. The number of carbonyl (C=O) groups excluding carboxylic acids is 1. The molecule has 7 nitrogen and oxygen atoms in total. The summed E-state index contributed by atoms with van der Waals surface area (Å²) in [6, 6.07) is 21.8. The molecule has 1 aromatic heterocycles. The summed E-state index contributed by atoms with van der Waals surface area (Å²) in [6.07, 6.45) is 1.59. The molecule has 0 aliphatic carbocycles. The van der Waals surface area contributed by atoms with Gasteiger partial charge in [0.2, 0.25) is 0 Å². The van der Waals surface area contributed by atoms with Crippen molar-refractivity contribution >= 4 is 27.8 Å². The van der Waals surface area contributed by atoms with E-state index in [-0.39, 0.29) is 4.90 Å². The molecule has 0 aliphatic rings. The van der Waals surface area contributed by atoms with Gasteiger partial charge in [-0.1, -0.05) is 30.3 Å². The van der Waals surface area contributed by atoms with Crippen molar-refractivity contribution in [3.05, 3.63) is 112 Å². The number of rotatable bonds is 8. The number of aromatic nitrogens is 1. The van der Waals surface area contributed by atoms with Crippen LogP contribution in [0, 0.1) is 41.5 Å². The number of anilines is 1. The van der Waals surface area contributed by atoms with Crippen molar-refractivity contribution in [2.24, 2.45) is 5.10 Å². The molecule has 0 spiro atoms. The highest BCUT2D eigenvalue weighted by Gasteiger charge is 2.27. The van der Waals surface area contributed by atoms with Crippen LogP contribution in [0.2, 0.25) is 0 Å². The Morgan fingerprint density at radius 3 is 2.18 bits per heavy atom. The third-order valence-corrected chi connectivity index (χ3v) is 8.51. The minimum atomic E-state index is -3.99. The highest BCUT2D eigenvalue weighted by molar-refractivity contribution is 7.92. The zero-order valence-corrected chi connectivity index (χ0v) is 24.0. The van der Waals surface area contributed by atoms with Gasteiger partial charge in [-0.15, -0.1) is 0 Å². The molecule has 0 bridgehead atoms. The maximum atomic E-state index is 13.5. The average molecular weight is 543 g/mol. The Morgan fingerprint density at radius 1 is 0.872 bits per heavy atom. The van der Waals surface area contributed by atoms with Crippen LogP contribution in [-0.2, 0) is 14.8 Å². The smallest absolute Gasteiger partial charge is 0.264 e. The van der Waals surface area contributed by atoms with Crippen LogP contribution in [0.25, 0.3) is 5.69 Å². The average Bonchev–Trinajstić information content (AvgIpc) is 3.16. The Hall–Kier alpha value is -4.17. The molecule has 0 atom stereocenters. The standard InChI is InChI=1S/C31H34N4O3S/c1-21-14-22(2)16-29(15-21)35-25(5)18-27(26(35)6)19-32-33-31(36)20-34(28-13-12-23(3)24(4)17-28)39(37,38)30-10-8-7-9-11-30/h7-19H,20H2,1-6H3,(H,33,36)/b32-19-. The summed E-state index contributed by atoms with van der Waals surface area (Å²) < 4.78 is 30.3. The van der Waals surface area contributed by atoms with Crippen molar-refractivity contribution in [3.8, 4) is 5.69 Å². The van der Waals surface area contributed by atoms with E-state index in [1.165, 1.54) is 23.3 Å². The number of nitrogens with one attached hydrogen (secondary N) is 1. The summed E-state index contributed by atoms with van der Waals surface area (Å²) in [6.45, 7) is 11.6. The van der Waals surface area contributed by atoms with Gasteiger partial charge >= 0.3 is 0 Å². The molecule has 1 amide bonds. The van der Waals surface area contributed by atoms with Crippen molar-refractivity contribution in [3.63, 3.8) is 0 Å². The minimum absolute atomic E-state index is 0.110. The van der Waals surface area contributed by atoms with Gasteiger partial charge in [-0.05, 0) is 106 Å². The molecule has 0 radical (unpaired) electrons. The first-order chi connectivity index (χ1) is 18.5. The quantitative estimate of drug-likeness (QED) is 0.230. The number of hydrogen-bond acceptors (Lipinski definition) is 4. The van der Waals surface area contributed by atoms with Crippen LogP contribution < -0.4 is 9.73 Å². The van der Waals surface area contributed by atoms with Gasteiger partial charge in [-0.2, -0.15) is 5.10 Å². The van der Waals surface area contributed by atoms with E-state index < -0.39 is 22.5 Å². The molecule has 0 saturated heterocycles. The fourth-order valence-corrected chi connectivity index (χ4v) is 6.08. The van der Waals surface area contributed by atoms with Crippen molar-refractivity contribution in [1.82, 2.24) is 9.99 Å². The second-order valence-corrected chi connectivity index (χ2v) is 11.8. The van der Waals surface area contributed by atoms with E-state index in [1.807, 2.05) is 39.8 Å². The van der Waals surface area contributed by atoms with Gasteiger partial charge in [-0.3, -0.25) is 9.10 Å². The van der Waals surface area contributed by atoms with Gasteiger partial charge < -0.3 is 4.57 Å². The molecule has 0 fully saturated rings. The van der Waals surface area contributed by atoms with Gasteiger partial charge in [0.05, 0.1) is 16.8 Å². The lowest BCUT2D eigenvalue weighted by molar-refractivity contribution is -0.119. The second kappa shape index (κ2) is 11.3. The summed E-state index contributed by atoms with van der Waals surface area (Å²) >= 11 is 0. The lowest BCUT2D eigenvalue weighted by atomic mass is 10.1.